The van der Waals surface area contributed by atoms with Crippen molar-refractivity contribution in [3.05, 3.63) is 84.1 Å². The Morgan fingerprint density at radius 2 is 1.82 bits per heavy atom. The highest BCUT2D eigenvalue weighted by Crippen LogP contribution is 2.18. The van der Waals surface area contributed by atoms with Gasteiger partial charge in [-0.25, -0.2) is 29.7 Å². The van der Waals surface area contributed by atoms with Crippen molar-refractivity contribution in [3.8, 4) is 11.5 Å². The molecule has 38 heavy (non-hydrogen) atoms. The van der Waals surface area contributed by atoms with E-state index in [4.69, 9.17) is 0 Å². The number of piperazine rings is 1. The summed E-state index contributed by atoms with van der Waals surface area (Å²) in [4.78, 5) is 36.7. The lowest BCUT2D eigenvalue weighted by atomic mass is 10.1. The van der Waals surface area contributed by atoms with Crippen LogP contribution in [0.5, 0.6) is 0 Å². The first-order valence-corrected chi connectivity index (χ1v) is 12.4. The maximum atomic E-state index is 12.6. The van der Waals surface area contributed by atoms with Gasteiger partial charge in [-0.15, -0.1) is 0 Å². The van der Waals surface area contributed by atoms with Gasteiger partial charge in [0.15, 0.2) is 5.82 Å². The number of urea groups is 1. The maximum Gasteiger partial charge on any atom is 0.321 e. The molecule has 0 radical (unpaired) electrons. The number of aliphatic hydroxyl groups excluding tert-OH is 1. The summed E-state index contributed by atoms with van der Waals surface area (Å²) in [6.07, 6.45) is 3.92. The van der Waals surface area contributed by atoms with Crippen molar-refractivity contribution >= 4 is 23.4 Å². The Balaban J connectivity index is 1.20. The van der Waals surface area contributed by atoms with Crippen LogP contribution in [0.3, 0.4) is 0 Å². The van der Waals surface area contributed by atoms with Crippen LogP contribution in [-0.4, -0.2) is 73.2 Å². The largest absolute Gasteiger partial charge is 0.395 e. The standard InChI is InChI=1S/C27H29N9O2/c1-18-3-2-4-22(31-18)26-30-12-10-24(35-26)33-23-9-11-29-25(34-23)15-19-5-7-20(8-6-19)32-27(38)36-14-13-28-21(16-36)17-37/h2-12,21,28,37H,13-17H2,1H3,(H,32,38)(H,29,30,33,34,35)/t21-/m1/s1. The average molecular weight is 512 g/mol. The zero-order chi connectivity index (χ0) is 26.3. The lowest BCUT2D eigenvalue weighted by molar-refractivity contribution is 0.159. The molecule has 4 aromatic rings. The van der Waals surface area contributed by atoms with Gasteiger partial charge in [0.05, 0.1) is 6.61 Å². The second-order valence-electron chi connectivity index (χ2n) is 9.00. The number of benzene rings is 1. The number of carbonyl (C=O) groups is 1. The van der Waals surface area contributed by atoms with Crippen molar-refractivity contribution in [1.29, 1.82) is 0 Å². The molecule has 0 saturated carbocycles. The summed E-state index contributed by atoms with van der Waals surface area (Å²) in [5.41, 5.74) is 3.32. The van der Waals surface area contributed by atoms with Gasteiger partial charge in [-0.05, 0) is 48.9 Å². The molecule has 0 spiro atoms. The second-order valence-corrected chi connectivity index (χ2v) is 9.00. The van der Waals surface area contributed by atoms with Gasteiger partial charge in [-0.1, -0.05) is 18.2 Å². The van der Waals surface area contributed by atoms with E-state index >= 15 is 0 Å². The summed E-state index contributed by atoms with van der Waals surface area (Å²) in [5.74, 6) is 2.42. The molecule has 1 aromatic carbocycles. The van der Waals surface area contributed by atoms with E-state index < -0.39 is 0 Å². The highest BCUT2D eigenvalue weighted by atomic mass is 16.3. The molecule has 2 amide bonds. The molecular weight excluding hydrogens is 482 g/mol. The molecule has 3 aromatic heterocycles. The van der Waals surface area contributed by atoms with E-state index in [0.717, 1.165) is 11.3 Å². The van der Waals surface area contributed by atoms with E-state index in [9.17, 15) is 9.90 Å². The van der Waals surface area contributed by atoms with Crippen LogP contribution in [0.25, 0.3) is 11.5 Å². The van der Waals surface area contributed by atoms with Crippen molar-refractivity contribution in [3.63, 3.8) is 0 Å². The molecular formula is C27H29N9O2. The highest BCUT2D eigenvalue weighted by molar-refractivity contribution is 5.89. The zero-order valence-electron chi connectivity index (χ0n) is 21.0. The third-order valence-corrected chi connectivity index (χ3v) is 6.07. The summed E-state index contributed by atoms with van der Waals surface area (Å²) in [6, 6.07) is 16.6. The van der Waals surface area contributed by atoms with Gasteiger partial charge in [0.1, 0.15) is 23.2 Å². The fraction of sp³-hybridized carbons (Fsp3) is 0.259. The number of pyridine rings is 1. The first kappa shape index (κ1) is 25.2. The number of carbonyl (C=O) groups excluding carboxylic acids is 1. The molecule has 1 saturated heterocycles. The van der Waals surface area contributed by atoms with Crippen LogP contribution in [0.4, 0.5) is 22.1 Å². The zero-order valence-corrected chi connectivity index (χ0v) is 21.0. The van der Waals surface area contributed by atoms with Gasteiger partial charge < -0.3 is 26.0 Å². The fourth-order valence-electron chi connectivity index (χ4n) is 4.13. The Bertz CT molecular complexity index is 1400. The van der Waals surface area contributed by atoms with E-state index in [0.29, 0.717) is 60.7 Å². The summed E-state index contributed by atoms with van der Waals surface area (Å²) in [6.45, 7) is 3.66. The number of hydrogen-bond donors (Lipinski definition) is 4. The quantitative estimate of drug-likeness (QED) is 0.295. The van der Waals surface area contributed by atoms with Gasteiger partial charge in [-0.2, -0.15) is 0 Å². The molecule has 0 unspecified atom stereocenters. The second kappa shape index (κ2) is 11.7. The third kappa shape index (κ3) is 6.44. The van der Waals surface area contributed by atoms with Gasteiger partial charge in [-0.3, -0.25) is 0 Å². The van der Waals surface area contributed by atoms with Gasteiger partial charge in [0.2, 0.25) is 0 Å². The molecule has 1 aliphatic heterocycles. The highest BCUT2D eigenvalue weighted by Gasteiger charge is 2.22. The maximum absolute atomic E-state index is 12.6. The molecule has 5 rings (SSSR count). The Morgan fingerprint density at radius 1 is 1.03 bits per heavy atom. The van der Waals surface area contributed by atoms with Crippen molar-refractivity contribution in [2.45, 2.75) is 19.4 Å². The van der Waals surface area contributed by atoms with Crippen molar-refractivity contribution in [2.24, 2.45) is 0 Å². The summed E-state index contributed by atoms with van der Waals surface area (Å²) >= 11 is 0. The van der Waals surface area contributed by atoms with Crippen LogP contribution in [0.1, 0.15) is 17.1 Å². The molecule has 1 fully saturated rings. The minimum Gasteiger partial charge on any atom is -0.395 e. The Kier molecular flexibility index (Phi) is 7.76. The number of nitrogens with zero attached hydrogens (tertiary/aromatic N) is 6. The summed E-state index contributed by atoms with van der Waals surface area (Å²) in [7, 11) is 0. The summed E-state index contributed by atoms with van der Waals surface area (Å²) in [5, 5.41) is 18.7. The number of hydrogen-bond acceptors (Lipinski definition) is 9. The number of rotatable bonds is 7. The van der Waals surface area contributed by atoms with Crippen molar-refractivity contribution in [1.82, 2.24) is 35.1 Å². The predicted molar refractivity (Wildman–Crippen MR) is 144 cm³/mol. The van der Waals surface area contributed by atoms with Crippen molar-refractivity contribution in [2.75, 3.05) is 36.9 Å². The topological polar surface area (TPSA) is 141 Å². The van der Waals surface area contributed by atoms with Gasteiger partial charge in [0.25, 0.3) is 0 Å². The lowest BCUT2D eigenvalue weighted by Gasteiger charge is -2.32. The van der Waals surface area contributed by atoms with Gasteiger partial charge in [0, 0.05) is 55.9 Å². The lowest BCUT2D eigenvalue weighted by Crippen LogP contribution is -2.54. The van der Waals surface area contributed by atoms with Crippen LogP contribution < -0.4 is 16.0 Å². The molecule has 194 valence electrons. The van der Waals surface area contributed by atoms with Crippen LogP contribution in [0.15, 0.2) is 67.0 Å². The number of amides is 2. The Hall–Kier alpha value is -4.48. The monoisotopic (exact) mass is 511 g/mol. The van der Waals surface area contributed by atoms with Crippen LogP contribution in [0.2, 0.25) is 0 Å². The SMILES string of the molecule is Cc1cccc(-c2nccc(Nc3ccnc(Cc4ccc(NC(=O)N5CCN[C@@H](CO)C5)cc4)n3)n2)n1. The molecule has 0 bridgehead atoms. The fourth-order valence-corrected chi connectivity index (χ4v) is 4.13. The molecule has 11 heteroatoms. The van der Waals surface area contributed by atoms with E-state index in [2.05, 4.69) is 40.9 Å². The average Bonchev–Trinajstić information content (AvgIpc) is 2.94. The normalized spacial score (nSPS) is 15.2. The Morgan fingerprint density at radius 3 is 2.61 bits per heavy atom. The van der Waals surface area contributed by atoms with Crippen LogP contribution >= 0.6 is 0 Å². The molecule has 0 aliphatic carbocycles. The minimum atomic E-state index is -0.175. The van der Waals surface area contributed by atoms with Crippen molar-refractivity contribution < 1.29 is 9.90 Å². The predicted octanol–water partition coefficient (Wildman–Crippen LogP) is 2.77. The smallest absolute Gasteiger partial charge is 0.321 e. The molecule has 4 N–H and O–H groups in total. The first-order chi connectivity index (χ1) is 18.6. The minimum absolute atomic E-state index is 0.00224. The number of aryl methyl sites for hydroxylation is 1. The van der Waals surface area contributed by atoms with Crippen LogP contribution in [0, 0.1) is 6.92 Å². The molecule has 1 atom stereocenters. The van der Waals surface area contributed by atoms with E-state index in [-0.39, 0.29) is 18.7 Å². The van der Waals surface area contributed by atoms with Gasteiger partial charge >= 0.3 is 6.03 Å². The summed E-state index contributed by atoms with van der Waals surface area (Å²) < 4.78 is 0. The van der Waals surface area contributed by atoms with E-state index in [1.165, 1.54) is 0 Å². The Labute approximate surface area is 220 Å². The van der Waals surface area contributed by atoms with Crippen LogP contribution in [-0.2, 0) is 6.42 Å². The van der Waals surface area contributed by atoms with E-state index in [1.54, 1.807) is 29.4 Å². The number of anilines is 3. The number of nitrogens with one attached hydrogen (secondary N) is 3. The third-order valence-electron chi connectivity index (χ3n) is 6.07. The van der Waals surface area contributed by atoms with E-state index in [1.807, 2.05) is 49.4 Å². The number of aromatic nitrogens is 5. The molecule has 11 nitrogen and oxygen atoms in total. The number of aliphatic hydroxyl groups is 1. The molecule has 4 heterocycles. The first-order valence-electron chi connectivity index (χ1n) is 12.4. The molecule has 1 aliphatic rings.